The summed E-state index contributed by atoms with van der Waals surface area (Å²) in [7, 11) is 0. The number of hydrogen-bond donors (Lipinski definition) is 2. The molecule has 0 saturated heterocycles. The summed E-state index contributed by atoms with van der Waals surface area (Å²) in [5, 5.41) is 12.4. The van der Waals surface area contributed by atoms with Gasteiger partial charge in [-0.3, -0.25) is 0 Å². The zero-order chi connectivity index (χ0) is 13.1. The molecule has 0 saturated carbocycles. The highest BCUT2D eigenvalue weighted by Crippen LogP contribution is 2.21. The minimum atomic E-state index is -0.463. The first-order valence-electron chi connectivity index (χ1n) is 5.53. The molecule has 0 spiro atoms. The normalized spacial score (nSPS) is 10.4. The maximum Gasteiger partial charge on any atom is 0.128 e. The molecule has 4 heteroatoms. The lowest BCUT2D eigenvalue weighted by Gasteiger charge is -2.09. The molecule has 0 heterocycles. The van der Waals surface area contributed by atoms with Crippen molar-refractivity contribution in [1.29, 1.82) is 0 Å². The average molecular weight is 249 g/mol. The number of rotatable bonds is 3. The monoisotopic (exact) mass is 249 g/mol. The molecule has 18 heavy (non-hydrogen) atoms. The van der Waals surface area contributed by atoms with Crippen LogP contribution in [0, 0.1) is 18.6 Å². The molecule has 0 bridgehead atoms. The van der Waals surface area contributed by atoms with Gasteiger partial charge in [-0.05, 0) is 48.9 Å². The summed E-state index contributed by atoms with van der Waals surface area (Å²) in [6.45, 7) is 1.96. The predicted molar refractivity (Wildman–Crippen MR) is 66.5 cm³/mol. The number of phenols is 1. The van der Waals surface area contributed by atoms with Gasteiger partial charge in [0.05, 0.1) is 0 Å². The van der Waals surface area contributed by atoms with Gasteiger partial charge in [-0.1, -0.05) is 0 Å². The topological polar surface area (TPSA) is 32.3 Å². The summed E-state index contributed by atoms with van der Waals surface area (Å²) in [6.07, 6.45) is 0. The quantitative estimate of drug-likeness (QED) is 0.815. The van der Waals surface area contributed by atoms with Gasteiger partial charge in [0.25, 0.3) is 0 Å². The number of phenolic OH excluding ortho intramolecular Hbond substituents is 1. The van der Waals surface area contributed by atoms with Crippen LogP contribution in [0.15, 0.2) is 36.4 Å². The van der Waals surface area contributed by atoms with Crippen LogP contribution in [0.25, 0.3) is 0 Å². The van der Waals surface area contributed by atoms with E-state index in [-0.39, 0.29) is 17.9 Å². The van der Waals surface area contributed by atoms with E-state index in [2.05, 4.69) is 5.32 Å². The molecule has 2 aromatic carbocycles. The highest BCUT2D eigenvalue weighted by Gasteiger charge is 2.04. The molecule has 94 valence electrons. The van der Waals surface area contributed by atoms with Gasteiger partial charge in [-0.15, -0.1) is 0 Å². The van der Waals surface area contributed by atoms with Crippen molar-refractivity contribution in [2.24, 2.45) is 0 Å². The lowest BCUT2D eigenvalue weighted by Crippen LogP contribution is -2.02. The van der Waals surface area contributed by atoms with Gasteiger partial charge >= 0.3 is 0 Å². The Hall–Kier alpha value is -2.10. The smallest absolute Gasteiger partial charge is 0.128 e. The maximum absolute atomic E-state index is 13.4. The van der Waals surface area contributed by atoms with Crippen LogP contribution in [-0.4, -0.2) is 5.11 Å². The Morgan fingerprint density at radius 1 is 1.11 bits per heavy atom. The van der Waals surface area contributed by atoms with Crippen molar-refractivity contribution in [3.05, 3.63) is 59.2 Å². The zero-order valence-corrected chi connectivity index (χ0v) is 9.87. The van der Waals surface area contributed by atoms with Gasteiger partial charge in [-0.25, -0.2) is 8.78 Å². The van der Waals surface area contributed by atoms with Crippen molar-refractivity contribution in [3.8, 4) is 5.75 Å². The maximum atomic E-state index is 13.4. The predicted octanol–water partition coefficient (Wildman–Crippen LogP) is 3.59. The van der Waals surface area contributed by atoms with Crippen molar-refractivity contribution >= 4 is 5.69 Å². The summed E-state index contributed by atoms with van der Waals surface area (Å²) in [6, 6.07) is 8.33. The number of aryl methyl sites for hydroxylation is 1. The molecule has 0 amide bonds. The second kappa shape index (κ2) is 5.04. The Morgan fingerprint density at radius 3 is 2.61 bits per heavy atom. The highest BCUT2D eigenvalue weighted by atomic mass is 19.1. The molecule has 2 aromatic rings. The SMILES string of the molecule is Cc1cc(NCc2cc(F)ccc2F)ccc1O. The van der Waals surface area contributed by atoms with E-state index in [1.807, 2.05) is 0 Å². The van der Waals surface area contributed by atoms with Crippen molar-refractivity contribution in [2.75, 3.05) is 5.32 Å². The van der Waals surface area contributed by atoms with Gasteiger partial charge in [0.1, 0.15) is 17.4 Å². The van der Waals surface area contributed by atoms with E-state index < -0.39 is 11.6 Å². The highest BCUT2D eigenvalue weighted by molar-refractivity contribution is 5.50. The van der Waals surface area contributed by atoms with Crippen molar-refractivity contribution in [3.63, 3.8) is 0 Å². The second-order valence-corrected chi connectivity index (χ2v) is 4.09. The molecule has 2 rings (SSSR count). The van der Waals surface area contributed by atoms with Gasteiger partial charge in [0, 0.05) is 17.8 Å². The first-order chi connectivity index (χ1) is 8.56. The minimum Gasteiger partial charge on any atom is -0.508 e. The number of benzene rings is 2. The van der Waals surface area contributed by atoms with Crippen molar-refractivity contribution < 1.29 is 13.9 Å². The summed E-state index contributed by atoms with van der Waals surface area (Å²) >= 11 is 0. The van der Waals surface area contributed by atoms with Crippen molar-refractivity contribution in [2.45, 2.75) is 13.5 Å². The van der Waals surface area contributed by atoms with Crippen LogP contribution < -0.4 is 5.32 Å². The van der Waals surface area contributed by atoms with Crippen LogP contribution >= 0.6 is 0 Å². The Morgan fingerprint density at radius 2 is 1.89 bits per heavy atom. The van der Waals surface area contributed by atoms with Gasteiger partial charge in [0.15, 0.2) is 0 Å². The van der Waals surface area contributed by atoms with Crippen LogP contribution in [0.3, 0.4) is 0 Å². The summed E-state index contributed by atoms with van der Waals surface area (Å²) in [5.74, 6) is -0.702. The fourth-order valence-corrected chi connectivity index (χ4v) is 1.64. The molecule has 0 unspecified atom stereocenters. The van der Waals surface area contributed by atoms with E-state index in [0.29, 0.717) is 0 Å². The standard InChI is InChI=1S/C14H13F2NO/c1-9-6-12(3-5-14(9)18)17-8-10-7-11(15)2-4-13(10)16/h2-7,17-18H,8H2,1H3. The van der Waals surface area contributed by atoms with E-state index >= 15 is 0 Å². The van der Waals surface area contributed by atoms with Gasteiger partial charge < -0.3 is 10.4 Å². The fourth-order valence-electron chi connectivity index (χ4n) is 1.64. The van der Waals surface area contributed by atoms with Crippen LogP contribution in [0.5, 0.6) is 5.75 Å². The molecule has 0 aliphatic carbocycles. The van der Waals surface area contributed by atoms with Crippen LogP contribution in [0.4, 0.5) is 14.5 Å². The van der Waals surface area contributed by atoms with Crippen LogP contribution in [-0.2, 0) is 6.54 Å². The lowest BCUT2D eigenvalue weighted by atomic mass is 10.1. The molecule has 0 radical (unpaired) electrons. The zero-order valence-electron chi connectivity index (χ0n) is 9.87. The third-order valence-corrected chi connectivity index (χ3v) is 2.69. The first-order valence-corrected chi connectivity index (χ1v) is 5.53. The average Bonchev–Trinajstić information content (AvgIpc) is 2.34. The first kappa shape index (κ1) is 12.4. The molecular weight excluding hydrogens is 236 g/mol. The number of aromatic hydroxyl groups is 1. The van der Waals surface area contributed by atoms with Crippen LogP contribution in [0.1, 0.15) is 11.1 Å². The summed E-state index contributed by atoms with van der Waals surface area (Å²) in [5.41, 5.74) is 1.73. The fraction of sp³-hybridized carbons (Fsp3) is 0.143. The molecule has 0 aliphatic rings. The van der Waals surface area contributed by atoms with E-state index in [1.165, 1.54) is 0 Å². The Balaban J connectivity index is 2.11. The molecule has 2 N–H and O–H groups in total. The molecule has 0 aromatic heterocycles. The van der Waals surface area contributed by atoms with Crippen LogP contribution in [0.2, 0.25) is 0 Å². The van der Waals surface area contributed by atoms with E-state index in [1.54, 1.807) is 25.1 Å². The summed E-state index contributed by atoms with van der Waals surface area (Å²) < 4.78 is 26.3. The molecule has 0 atom stereocenters. The van der Waals surface area contributed by atoms with E-state index in [0.717, 1.165) is 29.4 Å². The lowest BCUT2D eigenvalue weighted by molar-refractivity contribution is 0.471. The summed E-state index contributed by atoms with van der Waals surface area (Å²) in [4.78, 5) is 0. The molecule has 0 aliphatic heterocycles. The third-order valence-electron chi connectivity index (χ3n) is 2.69. The van der Waals surface area contributed by atoms with E-state index in [4.69, 9.17) is 0 Å². The Kier molecular flexibility index (Phi) is 3.46. The Bertz CT molecular complexity index is 570. The number of nitrogens with one attached hydrogen (secondary N) is 1. The number of anilines is 1. The third kappa shape index (κ3) is 2.77. The van der Waals surface area contributed by atoms with Gasteiger partial charge in [0.2, 0.25) is 0 Å². The number of hydrogen-bond acceptors (Lipinski definition) is 2. The Labute approximate surface area is 104 Å². The molecular formula is C14H13F2NO. The molecule has 2 nitrogen and oxygen atoms in total. The largest absolute Gasteiger partial charge is 0.508 e. The van der Waals surface area contributed by atoms with Crippen molar-refractivity contribution in [1.82, 2.24) is 0 Å². The number of halogens is 2. The van der Waals surface area contributed by atoms with E-state index in [9.17, 15) is 13.9 Å². The molecule has 0 fully saturated rings. The minimum absolute atomic E-state index is 0.188. The van der Waals surface area contributed by atoms with Gasteiger partial charge in [-0.2, -0.15) is 0 Å². The second-order valence-electron chi connectivity index (χ2n) is 4.09.